The highest BCUT2D eigenvalue weighted by Gasteiger charge is 2.24. The minimum Gasteiger partial charge on any atom is -0.368 e. The van der Waals surface area contributed by atoms with Crippen LogP contribution in [0.3, 0.4) is 0 Å². The van der Waals surface area contributed by atoms with E-state index >= 15 is 0 Å². The Labute approximate surface area is 158 Å². The molecule has 9 heteroatoms. The standard InChI is InChI=1S/C16H26BrN5O2S/c1-18-16(19-9-5-10-20-25(2,23)24)21-13-8-11-22(12-13)15-7-4-3-6-14(15)17/h3-4,6-7,13,20H,5,8-12H2,1-2H3,(H2,18,19,21). The Kier molecular flexibility index (Phi) is 7.52. The molecular weight excluding hydrogens is 406 g/mol. The average molecular weight is 432 g/mol. The Morgan fingerprint density at radius 3 is 2.80 bits per heavy atom. The van der Waals surface area contributed by atoms with Gasteiger partial charge in [-0.05, 0) is 40.9 Å². The maximum atomic E-state index is 11.0. The van der Waals surface area contributed by atoms with E-state index in [0.29, 0.717) is 25.6 Å². The topological polar surface area (TPSA) is 85.8 Å². The predicted molar refractivity (Wildman–Crippen MR) is 107 cm³/mol. The molecule has 0 bridgehead atoms. The van der Waals surface area contributed by atoms with E-state index < -0.39 is 10.0 Å². The molecule has 2 rings (SSSR count). The third kappa shape index (κ3) is 6.83. The smallest absolute Gasteiger partial charge is 0.208 e. The van der Waals surface area contributed by atoms with E-state index in [1.54, 1.807) is 7.05 Å². The lowest BCUT2D eigenvalue weighted by molar-refractivity contribution is 0.583. The third-order valence-electron chi connectivity index (χ3n) is 3.96. The first-order valence-electron chi connectivity index (χ1n) is 8.30. The van der Waals surface area contributed by atoms with E-state index in [1.807, 2.05) is 12.1 Å². The molecule has 0 spiro atoms. The van der Waals surface area contributed by atoms with E-state index in [2.05, 4.69) is 53.3 Å². The second-order valence-corrected chi connectivity index (χ2v) is 8.73. The molecule has 0 amide bonds. The summed E-state index contributed by atoms with van der Waals surface area (Å²) in [4.78, 5) is 6.59. The molecule has 1 aromatic carbocycles. The van der Waals surface area contributed by atoms with Crippen LogP contribution >= 0.6 is 15.9 Å². The average Bonchev–Trinajstić information content (AvgIpc) is 3.01. The van der Waals surface area contributed by atoms with Gasteiger partial charge in [0.1, 0.15) is 0 Å². The zero-order valence-corrected chi connectivity index (χ0v) is 17.0. The summed E-state index contributed by atoms with van der Waals surface area (Å²) >= 11 is 3.61. The summed E-state index contributed by atoms with van der Waals surface area (Å²) in [6.45, 7) is 2.99. The number of anilines is 1. The lowest BCUT2D eigenvalue weighted by Crippen LogP contribution is -2.45. The number of halogens is 1. The van der Waals surface area contributed by atoms with Gasteiger partial charge in [0.05, 0.1) is 11.9 Å². The van der Waals surface area contributed by atoms with Crippen molar-refractivity contribution in [1.82, 2.24) is 15.4 Å². The number of hydrogen-bond acceptors (Lipinski definition) is 4. The summed E-state index contributed by atoms with van der Waals surface area (Å²) in [6.07, 6.45) is 2.90. The van der Waals surface area contributed by atoms with Gasteiger partial charge in [-0.1, -0.05) is 12.1 Å². The van der Waals surface area contributed by atoms with Crippen molar-refractivity contribution in [1.29, 1.82) is 0 Å². The molecule has 0 saturated carbocycles. The van der Waals surface area contributed by atoms with E-state index in [4.69, 9.17) is 0 Å². The molecule has 0 aliphatic carbocycles. The fourth-order valence-corrected chi connectivity index (χ4v) is 3.80. The van der Waals surface area contributed by atoms with E-state index in [0.717, 1.165) is 36.2 Å². The molecule has 1 atom stereocenters. The van der Waals surface area contributed by atoms with Crippen molar-refractivity contribution in [2.45, 2.75) is 18.9 Å². The fraction of sp³-hybridized carbons (Fsp3) is 0.562. The van der Waals surface area contributed by atoms with Crippen LogP contribution in [0.4, 0.5) is 5.69 Å². The van der Waals surface area contributed by atoms with Crippen LogP contribution in [0.1, 0.15) is 12.8 Å². The van der Waals surface area contributed by atoms with Crippen LogP contribution in [0, 0.1) is 0 Å². The Morgan fingerprint density at radius 1 is 1.36 bits per heavy atom. The van der Waals surface area contributed by atoms with Crippen LogP contribution in [0.15, 0.2) is 33.7 Å². The second-order valence-electron chi connectivity index (χ2n) is 6.05. The summed E-state index contributed by atoms with van der Waals surface area (Å²) < 4.78 is 25.6. The summed E-state index contributed by atoms with van der Waals surface area (Å²) in [6, 6.07) is 8.57. The Hall–Kier alpha value is -1.32. The number of rotatable bonds is 7. The molecule has 25 heavy (non-hydrogen) atoms. The molecular formula is C16H26BrN5O2S. The molecule has 1 fully saturated rings. The van der Waals surface area contributed by atoms with Crippen LogP contribution in [0.2, 0.25) is 0 Å². The zero-order chi connectivity index (χ0) is 18.3. The third-order valence-corrected chi connectivity index (χ3v) is 5.36. The number of nitrogens with zero attached hydrogens (tertiary/aromatic N) is 2. The van der Waals surface area contributed by atoms with Crippen LogP contribution in [0.5, 0.6) is 0 Å². The minimum absolute atomic E-state index is 0.326. The van der Waals surface area contributed by atoms with Gasteiger partial charge in [-0.3, -0.25) is 4.99 Å². The summed E-state index contributed by atoms with van der Waals surface area (Å²) in [5.74, 6) is 0.748. The van der Waals surface area contributed by atoms with Gasteiger partial charge in [-0.25, -0.2) is 13.1 Å². The summed E-state index contributed by atoms with van der Waals surface area (Å²) in [7, 11) is -1.38. The minimum atomic E-state index is -3.12. The Bertz CT molecular complexity index is 696. The van der Waals surface area contributed by atoms with Gasteiger partial charge in [-0.15, -0.1) is 0 Å². The zero-order valence-electron chi connectivity index (χ0n) is 14.6. The highest BCUT2D eigenvalue weighted by molar-refractivity contribution is 9.10. The number of hydrogen-bond donors (Lipinski definition) is 3. The van der Waals surface area contributed by atoms with Crippen molar-refractivity contribution in [3.63, 3.8) is 0 Å². The lowest BCUT2D eigenvalue weighted by Gasteiger charge is -2.21. The highest BCUT2D eigenvalue weighted by atomic mass is 79.9. The number of guanidine groups is 1. The van der Waals surface area contributed by atoms with Crippen LogP contribution < -0.4 is 20.3 Å². The van der Waals surface area contributed by atoms with Crippen molar-refractivity contribution in [3.05, 3.63) is 28.7 Å². The largest absolute Gasteiger partial charge is 0.368 e. The molecule has 1 aromatic rings. The first kappa shape index (κ1) is 20.0. The van der Waals surface area contributed by atoms with Gasteiger partial charge >= 0.3 is 0 Å². The molecule has 7 nitrogen and oxygen atoms in total. The molecule has 0 aromatic heterocycles. The van der Waals surface area contributed by atoms with Gasteiger partial charge < -0.3 is 15.5 Å². The molecule has 3 N–H and O–H groups in total. The number of para-hydroxylation sites is 1. The van der Waals surface area contributed by atoms with Crippen molar-refractivity contribution < 1.29 is 8.42 Å². The quantitative estimate of drug-likeness (QED) is 0.342. The van der Waals surface area contributed by atoms with Gasteiger partial charge in [0, 0.05) is 43.7 Å². The van der Waals surface area contributed by atoms with E-state index in [9.17, 15) is 8.42 Å². The molecule has 0 radical (unpaired) electrons. The summed E-state index contributed by atoms with van der Waals surface area (Å²) in [5, 5.41) is 6.66. The van der Waals surface area contributed by atoms with Gasteiger partial charge in [-0.2, -0.15) is 0 Å². The van der Waals surface area contributed by atoms with Gasteiger partial charge in [0.15, 0.2) is 5.96 Å². The van der Waals surface area contributed by atoms with Crippen molar-refractivity contribution in [2.75, 3.05) is 44.4 Å². The lowest BCUT2D eigenvalue weighted by atomic mass is 10.2. The van der Waals surface area contributed by atoms with Gasteiger partial charge in [0.25, 0.3) is 0 Å². The molecule has 1 aliphatic heterocycles. The number of sulfonamides is 1. The van der Waals surface area contributed by atoms with Crippen LogP contribution in [0.25, 0.3) is 0 Å². The number of nitrogens with one attached hydrogen (secondary N) is 3. The first-order valence-corrected chi connectivity index (χ1v) is 11.0. The second kappa shape index (κ2) is 9.40. The van der Waals surface area contributed by atoms with Crippen LogP contribution in [-0.2, 0) is 10.0 Å². The van der Waals surface area contributed by atoms with E-state index in [1.165, 1.54) is 5.69 Å². The van der Waals surface area contributed by atoms with Crippen molar-refractivity contribution >= 4 is 37.6 Å². The maximum absolute atomic E-state index is 11.0. The maximum Gasteiger partial charge on any atom is 0.208 e. The van der Waals surface area contributed by atoms with E-state index in [-0.39, 0.29) is 0 Å². The van der Waals surface area contributed by atoms with Crippen LogP contribution in [-0.4, -0.2) is 59.9 Å². The highest BCUT2D eigenvalue weighted by Crippen LogP contribution is 2.28. The molecule has 1 saturated heterocycles. The normalized spacial score (nSPS) is 18.4. The Morgan fingerprint density at radius 2 is 2.12 bits per heavy atom. The molecule has 1 unspecified atom stereocenters. The molecule has 1 aliphatic rings. The fourth-order valence-electron chi connectivity index (χ4n) is 2.75. The molecule has 1 heterocycles. The van der Waals surface area contributed by atoms with Gasteiger partial charge in [0.2, 0.25) is 10.0 Å². The first-order chi connectivity index (χ1) is 11.9. The SMILES string of the molecule is CN=C(NCCCNS(C)(=O)=O)NC1CCN(c2ccccc2Br)C1. The molecule has 140 valence electrons. The summed E-state index contributed by atoms with van der Waals surface area (Å²) in [5.41, 5.74) is 1.21. The predicted octanol–water partition coefficient (Wildman–Crippen LogP) is 1.13. The number of benzene rings is 1. The Balaban J connectivity index is 1.74. The van der Waals surface area contributed by atoms with Crippen molar-refractivity contribution in [2.24, 2.45) is 4.99 Å². The van der Waals surface area contributed by atoms with Crippen molar-refractivity contribution in [3.8, 4) is 0 Å². The number of aliphatic imine (C=N–C) groups is 1. The monoisotopic (exact) mass is 431 g/mol.